The molecular formula is C23H35N5O2. The van der Waals surface area contributed by atoms with E-state index in [0.29, 0.717) is 18.7 Å². The summed E-state index contributed by atoms with van der Waals surface area (Å²) in [4.78, 5) is 17.0. The molecule has 1 aromatic carbocycles. The summed E-state index contributed by atoms with van der Waals surface area (Å²) in [6.07, 6.45) is 5.33. The van der Waals surface area contributed by atoms with Gasteiger partial charge in [0.25, 0.3) is 5.91 Å². The predicted octanol–water partition coefficient (Wildman–Crippen LogP) is 4.57. The summed E-state index contributed by atoms with van der Waals surface area (Å²) in [5.74, 6) is -0.161. The molecule has 7 nitrogen and oxygen atoms in total. The van der Waals surface area contributed by atoms with Gasteiger partial charge in [0.15, 0.2) is 5.69 Å². The molecule has 2 aromatic rings. The molecule has 1 aromatic heterocycles. The number of nitrogens with zero attached hydrogens (tertiary/aromatic N) is 5. The van der Waals surface area contributed by atoms with Crippen molar-refractivity contribution in [2.24, 2.45) is 10.2 Å². The molecule has 0 atom stereocenters. The lowest BCUT2D eigenvalue weighted by atomic mass is 10.2. The van der Waals surface area contributed by atoms with E-state index in [4.69, 9.17) is 0 Å². The van der Waals surface area contributed by atoms with Gasteiger partial charge in [-0.15, -0.1) is 10.2 Å². The maximum absolute atomic E-state index is 12.3. The third-order valence-electron chi connectivity index (χ3n) is 6.05. The van der Waals surface area contributed by atoms with Gasteiger partial charge in [0.2, 0.25) is 5.88 Å². The zero-order chi connectivity index (χ0) is 21.3. The van der Waals surface area contributed by atoms with Crippen LogP contribution in [0.1, 0.15) is 46.0 Å². The number of carbonyl (C=O) groups is 1. The van der Waals surface area contributed by atoms with E-state index < -0.39 is 0 Å². The predicted molar refractivity (Wildman–Crippen MR) is 120 cm³/mol. The first kappa shape index (κ1) is 22.4. The van der Waals surface area contributed by atoms with Crippen LogP contribution in [0, 0.1) is 0 Å². The Morgan fingerprint density at radius 3 is 2.47 bits per heavy atom. The van der Waals surface area contributed by atoms with E-state index >= 15 is 0 Å². The maximum Gasteiger partial charge on any atom is 0.266 e. The molecule has 0 radical (unpaired) electrons. The number of rotatable bonds is 9. The van der Waals surface area contributed by atoms with Gasteiger partial charge in [-0.3, -0.25) is 4.79 Å². The van der Waals surface area contributed by atoms with Gasteiger partial charge >= 0.3 is 0 Å². The number of aromatic nitrogens is 1. The van der Waals surface area contributed by atoms with Gasteiger partial charge in [-0.2, -0.15) is 0 Å². The lowest BCUT2D eigenvalue weighted by Gasteiger charge is -2.18. The molecule has 0 bridgehead atoms. The monoisotopic (exact) mass is 413 g/mol. The van der Waals surface area contributed by atoms with Crippen LogP contribution in [0.5, 0.6) is 5.88 Å². The van der Waals surface area contributed by atoms with Gasteiger partial charge in [-0.1, -0.05) is 44.9 Å². The summed E-state index contributed by atoms with van der Waals surface area (Å²) >= 11 is 0. The van der Waals surface area contributed by atoms with Crippen molar-refractivity contribution < 1.29 is 9.90 Å². The Balaban J connectivity index is 1.70. The Morgan fingerprint density at radius 1 is 1.07 bits per heavy atom. The smallest absolute Gasteiger partial charge is 0.266 e. The average molecular weight is 414 g/mol. The van der Waals surface area contributed by atoms with Crippen molar-refractivity contribution in [3.63, 3.8) is 0 Å². The third-order valence-corrected chi connectivity index (χ3v) is 6.05. The summed E-state index contributed by atoms with van der Waals surface area (Å²) in [5.41, 5.74) is 1.29. The number of para-hydroxylation sites is 1. The van der Waals surface area contributed by atoms with E-state index in [0.717, 1.165) is 50.2 Å². The lowest BCUT2D eigenvalue weighted by Crippen LogP contribution is -2.26. The molecule has 164 valence electrons. The molecular weight excluding hydrogens is 378 g/mol. The Bertz CT molecular complexity index is 849. The van der Waals surface area contributed by atoms with Crippen molar-refractivity contribution in [2.75, 3.05) is 39.3 Å². The number of amides is 1. The molecule has 0 aliphatic carbocycles. The molecule has 1 aliphatic rings. The highest BCUT2D eigenvalue weighted by atomic mass is 16.3. The SMILES string of the molecule is CCN(CC)CCn1c(O)c(N=NC(=O)CCN2CCCCCC2)c2ccccc21. The quantitative estimate of drug-likeness (QED) is 0.612. The molecule has 0 unspecified atom stereocenters. The van der Waals surface area contributed by atoms with E-state index in [2.05, 4.69) is 33.9 Å². The average Bonchev–Trinajstić information content (AvgIpc) is 2.92. The molecule has 1 N–H and O–H groups in total. The first-order chi connectivity index (χ1) is 14.6. The molecule has 0 saturated carbocycles. The van der Waals surface area contributed by atoms with E-state index in [1.807, 2.05) is 28.8 Å². The summed E-state index contributed by atoms with van der Waals surface area (Å²) in [7, 11) is 0. The number of carbonyl (C=O) groups excluding carboxylic acids is 1. The second-order valence-corrected chi connectivity index (χ2v) is 7.97. The highest BCUT2D eigenvalue weighted by Gasteiger charge is 2.17. The number of likely N-dealkylation sites (tertiary alicyclic amines) is 1. The number of hydrogen-bond acceptors (Lipinski definition) is 5. The third kappa shape index (κ3) is 5.67. The normalized spacial score (nSPS) is 16.0. The molecule has 7 heteroatoms. The molecule has 1 aliphatic heterocycles. The zero-order valence-electron chi connectivity index (χ0n) is 18.4. The summed E-state index contributed by atoms with van der Waals surface area (Å²) in [5, 5.41) is 19.7. The van der Waals surface area contributed by atoms with E-state index in [1.165, 1.54) is 25.7 Å². The Labute approximate surface area is 179 Å². The van der Waals surface area contributed by atoms with Crippen molar-refractivity contribution in [1.29, 1.82) is 0 Å². The lowest BCUT2D eigenvalue weighted by molar-refractivity contribution is -0.118. The number of azo groups is 1. The largest absolute Gasteiger partial charge is 0.493 e. The van der Waals surface area contributed by atoms with E-state index in [-0.39, 0.29) is 11.8 Å². The molecule has 3 rings (SSSR count). The van der Waals surface area contributed by atoms with Gasteiger partial charge < -0.3 is 19.5 Å². The van der Waals surface area contributed by atoms with Crippen molar-refractivity contribution in [3.05, 3.63) is 24.3 Å². The fourth-order valence-corrected chi connectivity index (χ4v) is 4.15. The summed E-state index contributed by atoms with van der Waals surface area (Å²) in [6.45, 7) is 10.5. The molecule has 0 spiro atoms. The number of likely N-dealkylation sites (N-methyl/N-ethyl adjacent to an activating group) is 1. The maximum atomic E-state index is 12.3. The first-order valence-corrected chi connectivity index (χ1v) is 11.3. The first-order valence-electron chi connectivity index (χ1n) is 11.3. The number of benzene rings is 1. The van der Waals surface area contributed by atoms with Crippen LogP contribution in [0.15, 0.2) is 34.5 Å². The van der Waals surface area contributed by atoms with Crippen LogP contribution in [0.2, 0.25) is 0 Å². The van der Waals surface area contributed by atoms with Gasteiger partial charge in [0.1, 0.15) is 0 Å². The van der Waals surface area contributed by atoms with Crippen LogP contribution in [0.25, 0.3) is 10.9 Å². The van der Waals surface area contributed by atoms with Gasteiger partial charge in [0, 0.05) is 31.4 Å². The van der Waals surface area contributed by atoms with Gasteiger partial charge in [-0.25, -0.2) is 0 Å². The fraction of sp³-hybridized carbons (Fsp3) is 0.609. The van der Waals surface area contributed by atoms with Crippen molar-refractivity contribution >= 4 is 22.5 Å². The van der Waals surface area contributed by atoms with Crippen LogP contribution in [0.3, 0.4) is 0 Å². The molecule has 1 fully saturated rings. The number of aromatic hydroxyl groups is 1. The number of fused-ring (bicyclic) bond motifs is 1. The second kappa shape index (κ2) is 11.2. The van der Waals surface area contributed by atoms with Gasteiger partial charge in [0.05, 0.1) is 5.52 Å². The summed E-state index contributed by atoms with van der Waals surface area (Å²) in [6, 6.07) is 7.75. The highest BCUT2D eigenvalue weighted by molar-refractivity contribution is 5.95. The van der Waals surface area contributed by atoms with Crippen LogP contribution in [-0.2, 0) is 11.3 Å². The topological polar surface area (TPSA) is 73.4 Å². The standard InChI is InChI=1S/C23H35N5O2/c1-3-26(4-2)17-18-28-20-12-8-7-11-19(20)22(23(28)30)25-24-21(29)13-16-27-14-9-5-6-10-15-27/h7-8,11-12,30H,3-6,9-10,13-18H2,1-2H3. The highest BCUT2D eigenvalue weighted by Crippen LogP contribution is 2.38. The van der Waals surface area contributed by atoms with Crippen LogP contribution in [0.4, 0.5) is 5.69 Å². The van der Waals surface area contributed by atoms with Crippen LogP contribution in [-0.4, -0.2) is 64.6 Å². The van der Waals surface area contributed by atoms with Crippen molar-refractivity contribution in [2.45, 2.75) is 52.5 Å². The minimum atomic E-state index is -0.237. The molecule has 2 heterocycles. The summed E-state index contributed by atoms with van der Waals surface area (Å²) < 4.78 is 1.86. The fourth-order valence-electron chi connectivity index (χ4n) is 4.15. The van der Waals surface area contributed by atoms with E-state index in [1.54, 1.807) is 0 Å². The van der Waals surface area contributed by atoms with Crippen LogP contribution < -0.4 is 0 Å². The zero-order valence-corrected chi connectivity index (χ0v) is 18.4. The second-order valence-electron chi connectivity index (χ2n) is 7.97. The van der Waals surface area contributed by atoms with Crippen molar-refractivity contribution in [1.82, 2.24) is 14.4 Å². The Hall–Kier alpha value is -2.25. The van der Waals surface area contributed by atoms with Crippen molar-refractivity contribution in [3.8, 4) is 5.88 Å². The van der Waals surface area contributed by atoms with Gasteiger partial charge in [-0.05, 0) is 45.1 Å². The minimum Gasteiger partial charge on any atom is -0.493 e. The molecule has 1 saturated heterocycles. The molecule has 1 amide bonds. The Morgan fingerprint density at radius 2 is 1.77 bits per heavy atom. The minimum absolute atomic E-state index is 0.0763. The van der Waals surface area contributed by atoms with E-state index in [9.17, 15) is 9.90 Å². The number of hydrogen-bond donors (Lipinski definition) is 1. The van der Waals surface area contributed by atoms with Crippen LogP contribution >= 0.6 is 0 Å². The molecule has 30 heavy (non-hydrogen) atoms. The Kier molecular flexibility index (Phi) is 8.39.